The molecule has 3 nitrogen and oxygen atoms in total. The van der Waals surface area contributed by atoms with E-state index in [0.717, 1.165) is 24.5 Å². The van der Waals surface area contributed by atoms with Gasteiger partial charge in [0.2, 0.25) is 5.89 Å². The second-order valence-corrected chi connectivity index (χ2v) is 4.50. The van der Waals surface area contributed by atoms with E-state index in [0.29, 0.717) is 12.6 Å². The van der Waals surface area contributed by atoms with Crippen LogP contribution >= 0.6 is 0 Å². The molecule has 0 aliphatic carbocycles. The van der Waals surface area contributed by atoms with Crippen molar-refractivity contribution in [2.45, 2.75) is 39.3 Å². The lowest BCUT2D eigenvalue weighted by Gasteiger charge is -2.17. The highest BCUT2D eigenvalue weighted by molar-refractivity contribution is 5.18. The highest BCUT2D eigenvalue weighted by atomic mass is 16.4. The van der Waals surface area contributed by atoms with E-state index >= 15 is 0 Å². The van der Waals surface area contributed by atoms with E-state index in [-0.39, 0.29) is 0 Å². The van der Waals surface area contributed by atoms with Crippen molar-refractivity contribution in [3.63, 3.8) is 0 Å². The summed E-state index contributed by atoms with van der Waals surface area (Å²) in [6.45, 7) is 4.79. The Morgan fingerprint density at radius 2 is 2.06 bits per heavy atom. The first-order chi connectivity index (χ1) is 8.79. The lowest BCUT2D eigenvalue weighted by atomic mass is 10.0. The molecule has 0 saturated carbocycles. The molecule has 0 aliphatic heterocycles. The molecule has 0 radical (unpaired) electrons. The van der Waals surface area contributed by atoms with E-state index in [1.165, 1.54) is 5.56 Å². The van der Waals surface area contributed by atoms with Gasteiger partial charge in [-0.05, 0) is 18.9 Å². The summed E-state index contributed by atoms with van der Waals surface area (Å²) in [5.74, 6) is 1.61. The summed E-state index contributed by atoms with van der Waals surface area (Å²) in [6, 6.07) is 10.9. The number of aryl methyl sites for hydroxylation is 1. The average Bonchev–Trinajstić information content (AvgIpc) is 2.81. The number of oxazole rings is 1. The molecule has 0 saturated heterocycles. The van der Waals surface area contributed by atoms with Crippen LogP contribution in [0.4, 0.5) is 0 Å². The third-order valence-electron chi connectivity index (χ3n) is 2.95. The molecule has 1 aromatic carbocycles. The van der Waals surface area contributed by atoms with Crippen molar-refractivity contribution >= 4 is 0 Å². The second kappa shape index (κ2) is 6.36. The summed E-state index contributed by atoms with van der Waals surface area (Å²) in [5, 5.41) is 3.51. The Labute approximate surface area is 108 Å². The Morgan fingerprint density at radius 3 is 2.67 bits per heavy atom. The van der Waals surface area contributed by atoms with Crippen LogP contribution in [0.25, 0.3) is 0 Å². The van der Waals surface area contributed by atoms with Crippen molar-refractivity contribution in [1.82, 2.24) is 10.3 Å². The zero-order valence-corrected chi connectivity index (χ0v) is 11.0. The fourth-order valence-corrected chi connectivity index (χ4v) is 2.05. The molecule has 96 valence electrons. The Kier molecular flexibility index (Phi) is 4.53. The summed E-state index contributed by atoms with van der Waals surface area (Å²) in [6.07, 6.45) is 4.02. The second-order valence-electron chi connectivity index (χ2n) is 4.50. The lowest BCUT2D eigenvalue weighted by molar-refractivity contribution is 0.413. The van der Waals surface area contributed by atoms with Crippen molar-refractivity contribution in [3.8, 4) is 0 Å². The van der Waals surface area contributed by atoms with Gasteiger partial charge < -0.3 is 9.73 Å². The molecule has 18 heavy (non-hydrogen) atoms. The third-order valence-corrected chi connectivity index (χ3v) is 2.95. The number of hydrogen-bond acceptors (Lipinski definition) is 3. The van der Waals surface area contributed by atoms with Gasteiger partial charge in [-0.3, -0.25) is 0 Å². The zero-order valence-electron chi connectivity index (χ0n) is 11.0. The van der Waals surface area contributed by atoms with Gasteiger partial charge in [0.1, 0.15) is 5.76 Å². The molecule has 2 rings (SSSR count). The van der Waals surface area contributed by atoms with Crippen molar-refractivity contribution in [2.24, 2.45) is 0 Å². The van der Waals surface area contributed by atoms with Gasteiger partial charge in [0.15, 0.2) is 0 Å². The molecule has 1 N–H and O–H groups in total. The SMILES string of the molecule is CCCC(NCc1ncc(C)o1)c1ccccc1. The first-order valence-corrected chi connectivity index (χ1v) is 6.49. The van der Waals surface area contributed by atoms with Crippen LogP contribution < -0.4 is 5.32 Å². The van der Waals surface area contributed by atoms with E-state index in [4.69, 9.17) is 4.42 Å². The molecular weight excluding hydrogens is 224 g/mol. The maximum absolute atomic E-state index is 5.47. The van der Waals surface area contributed by atoms with Crippen LogP contribution in [0.3, 0.4) is 0 Å². The number of nitrogens with one attached hydrogen (secondary N) is 1. The zero-order chi connectivity index (χ0) is 12.8. The maximum Gasteiger partial charge on any atom is 0.208 e. The van der Waals surface area contributed by atoms with Crippen LogP contribution in [0, 0.1) is 6.92 Å². The van der Waals surface area contributed by atoms with Crippen LogP contribution in [0.2, 0.25) is 0 Å². The topological polar surface area (TPSA) is 38.1 Å². The molecule has 0 spiro atoms. The Morgan fingerprint density at radius 1 is 1.28 bits per heavy atom. The summed E-state index contributed by atoms with van der Waals surface area (Å²) >= 11 is 0. The maximum atomic E-state index is 5.47. The third kappa shape index (κ3) is 3.44. The van der Waals surface area contributed by atoms with Crippen LogP contribution in [0.1, 0.15) is 43.0 Å². The molecule has 0 bridgehead atoms. The van der Waals surface area contributed by atoms with E-state index in [1.54, 1.807) is 6.20 Å². The van der Waals surface area contributed by atoms with Crippen molar-refractivity contribution in [2.75, 3.05) is 0 Å². The van der Waals surface area contributed by atoms with E-state index in [9.17, 15) is 0 Å². The molecule has 2 aromatic rings. The molecule has 3 heteroatoms. The largest absolute Gasteiger partial charge is 0.445 e. The summed E-state index contributed by atoms with van der Waals surface area (Å²) < 4.78 is 5.47. The molecular formula is C15H20N2O. The Hall–Kier alpha value is -1.61. The van der Waals surface area contributed by atoms with Gasteiger partial charge in [0.05, 0.1) is 12.7 Å². The predicted molar refractivity (Wildman–Crippen MR) is 72.2 cm³/mol. The Balaban J connectivity index is 1.98. The lowest BCUT2D eigenvalue weighted by Crippen LogP contribution is -2.20. The number of nitrogens with zero attached hydrogens (tertiary/aromatic N) is 1. The number of aromatic nitrogens is 1. The molecule has 0 aliphatic rings. The average molecular weight is 244 g/mol. The predicted octanol–water partition coefficient (Wildman–Crippen LogP) is 3.61. The van der Waals surface area contributed by atoms with Crippen molar-refractivity contribution in [3.05, 3.63) is 53.7 Å². The van der Waals surface area contributed by atoms with Crippen LogP contribution in [0.15, 0.2) is 40.9 Å². The number of benzene rings is 1. The van der Waals surface area contributed by atoms with Crippen molar-refractivity contribution in [1.29, 1.82) is 0 Å². The molecule has 1 atom stereocenters. The van der Waals surface area contributed by atoms with Crippen LogP contribution in [0.5, 0.6) is 0 Å². The molecule has 0 amide bonds. The van der Waals surface area contributed by atoms with E-state index in [2.05, 4.69) is 41.5 Å². The van der Waals surface area contributed by atoms with Gasteiger partial charge in [-0.2, -0.15) is 0 Å². The highest BCUT2D eigenvalue weighted by Gasteiger charge is 2.10. The van der Waals surface area contributed by atoms with Gasteiger partial charge in [0, 0.05) is 6.04 Å². The summed E-state index contributed by atoms with van der Waals surface area (Å²) in [4.78, 5) is 4.21. The van der Waals surface area contributed by atoms with Crippen molar-refractivity contribution < 1.29 is 4.42 Å². The normalized spacial score (nSPS) is 12.6. The van der Waals surface area contributed by atoms with Gasteiger partial charge in [0.25, 0.3) is 0 Å². The minimum atomic E-state index is 0.364. The van der Waals surface area contributed by atoms with Gasteiger partial charge in [-0.15, -0.1) is 0 Å². The molecule has 1 unspecified atom stereocenters. The minimum absolute atomic E-state index is 0.364. The Bertz CT molecular complexity index is 464. The van der Waals surface area contributed by atoms with Gasteiger partial charge in [-0.1, -0.05) is 43.7 Å². The molecule has 1 heterocycles. The van der Waals surface area contributed by atoms with E-state index in [1.807, 2.05) is 13.0 Å². The quantitative estimate of drug-likeness (QED) is 0.843. The number of hydrogen-bond donors (Lipinski definition) is 1. The monoisotopic (exact) mass is 244 g/mol. The van der Waals surface area contributed by atoms with Gasteiger partial charge in [-0.25, -0.2) is 4.98 Å². The fourth-order valence-electron chi connectivity index (χ4n) is 2.05. The first kappa shape index (κ1) is 12.8. The first-order valence-electron chi connectivity index (χ1n) is 6.49. The standard InChI is InChI=1S/C15H20N2O/c1-3-7-14(13-8-5-4-6-9-13)16-11-15-17-10-12(2)18-15/h4-6,8-10,14,16H,3,7,11H2,1-2H3. The van der Waals surface area contributed by atoms with Gasteiger partial charge >= 0.3 is 0 Å². The van der Waals surface area contributed by atoms with Crippen LogP contribution in [-0.4, -0.2) is 4.98 Å². The molecule has 1 aromatic heterocycles. The van der Waals surface area contributed by atoms with E-state index < -0.39 is 0 Å². The smallest absolute Gasteiger partial charge is 0.208 e. The highest BCUT2D eigenvalue weighted by Crippen LogP contribution is 2.18. The van der Waals surface area contributed by atoms with Crippen LogP contribution in [-0.2, 0) is 6.54 Å². The summed E-state index contributed by atoms with van der Waals surface area (Å²) in [5.41, 5.74) is 1.32. The minimum Gasteiger partial charge on any atom is -0.445 e. The summed E-state index contributed by atoms with van der Waals surface area (Å²) in [7, 11) is 0. The molecule has 0 fully saturated rings. The fraction of sp³-hybridized carbons (Fsp3) is 0.400. The number of rotatable bonds is 6.